The standard InChI is InChI=1S/C36H37N3O8/c1-6-21(7-12-29-35(2,3)25-18-22(33(44)45)8-10-27(25)38(29)15-13-30(40)41)17-24(20-37)32-36(4,5)26-19-23(34(46)47)9-11-28(26)39(32)16-14-31(42)43/h7-12,17-19H,6,13-16H2,1-5H3,(H3-,40,41,42,43,44,45,46,47)/p+1. The third-order valence-corrected chi connectivity index (χ3v) is 8.88. The predicted octanol–water partition coefficient (Wildman–Crippen LogP) is 5.88. The maximum atomic E-state index is 11.8. The number of nitrogens with zero attached hydrogens (tertiary/aromatic N) is 3. The topological polar surface area (TPSA) is 179 Å². The van der Waals surface area contributed by atoms with Crippen LogP contribution >= 0.6 is 0 Å². The minimum absolute atomic E-state index is 0.0745. The summed E-state index contributed by atoms with van der Waals surface area (Å²) in [5, 5.41) is 48.6. The molecule has 2 aromatic carbocycles. The SMILES string of the molecule is CCC(/C=C(\C#N)C1=[N+](CCC(=O)O)c2ccc(C(=O)O)cc2C1(C)C)=C\C=C1\N(CCC(=O)O)c2ccc(C(=O)O)cc2C1(C)C. The van der Waals surface area contributed by atoms with E-state index in [9.17, 15) is 44.9 Å². The highest BCUT2D eigenvalue weighted by Crippen LogP contribution is 2.48. The molecule has 4 rings (SSSR count). The third kappa shape index (κ3) is 6.58. The van der Waals surface area contributed by atoms with Gasteiger partial charge in [-0.05, 0) is 73.9 Å². The van der Waals surface area contributed by atoms with Gasteiger partial charge in [0, 0.05) is 35.0 Å². The van der Waals surface area contributed by atoms with E-state index in [1.165, 1.54) is 12.1 Å². The van der Waals surface area contributed by atoms with Crippen molar-refractivity contribution in [3.05, 3.63) is 93.7 Å². The number of hydrogen-bond acceptors (Lipinski definition) is 6. The maximum absolute atomic E-state index is 11.8. The van der Waals surface area contributed by atoms with Crippen molar-refractivity contribution in [2.75, 3.05) is 18.0 Å². The van der Waals surface area contributed by atoms with Crippen LogP contribution in [0.25, 0.3) is 0 Å². The Bertz CT molecular complexity index is 1850. The molecule has 244 valence electrons. The molecule has 0 aromatic heterocycles. The molecular formula is C36H38N3O8+. The number of hydrogen-bond donors (Lipinski definition) is 4. The number of aromatic carboxylic acids is 2. The Balaban J connectivity index is 1.85. The van der Waals surface area contributed by atoms with Crippen molar-refractivity contribution in [2.24, 2.45) is 0 Å². The van der Waals surface area contributed by atoms with Crippen LogP contribution in [-0.4, -0.2) is 67.7 Å². The molecule has 4 N–H and O–H groups in total. The quantitative estimate of drug-likeness (QED) is 0.124. The molecule has 11 heteroatoms. The van der Waals surface area contributed by atoms with E-state index >= 15 is 0 Å². The van der Waals surface area contributed by atoms with Gasteiger partial charge in [0.1, 0.15) is 18.1 Å². The average Bonchev–Trinajstić information content (AvgIpc) is 3.36. The van der Waals surface area contributed by atoms with Gasteiger partial charge in [-0.15, -0.1) is 0 Å². The van der Waals surface area contributed by atoms with Crippen LogP contribution in [-0.2, 0) is 20.4 Å². The molecule has 0 aliphatic carbocycles. The fourth-order valence-corrected chi connectivity index (χ4v) is 6.46. The van der Waals surface area contributed by atoms with E-state index in [0.717, 1.165) is 22.5 Å². The van der Waals surface area contributed by atoms with Gasteiger partial charge in [-0.1, -0.05) is 26.8 Å². The fraction of sp³-hybridized carbons (Fsp3) is 0.333. The minimum Gasteiger partial charge on any atom is -0.481 e. The highest BCUT2D eigenvalue weighted by Gasteiger charge is 2.48. The number of nitriles is 1. The normalized spacial score (nSPS) is 17.4. The smallest absolute Gasteiger partial charge is 0.335 e. The van der Waals surface area contributed by atoms with Gasteiger partial charge < -0.3 is 25.3 Å². The van der Waals surface area contributed by atoms with Crippen LogP contribution in [0, 0.1) is 11.3 Å². The molecule has 2 aliphatic heterocycles. The first-order valence-corrected chi connectivity index (χ1v) is 15.2. The monoisotopic (exact) mass is 640 g/mol. The number of fused-ring (bicyclic) bond motifs is 2. The molecule has 0 atom stereocenters. The number of carbonyl (C=O) groups is 4. The van der Waals surface area contributed by atoms with E-state index in [1.54, 1.807) is 34.9 Å². The Morgan fingerprint density at radius 2 is 1.47 bits per heavy atom. The first-order valence-electron chi connectivity index (χ1n) is 15.2. The second-order valence-electron chi connectivity index (χ2n) is 12.6. The predicted molar refractivity (Wildman–Crippen MR) is 175 cm³/mol. The molecule has 0 radical (unpaired) electrons. The number of anilines is 1. The molecule has 11 nitrogen and oxygen atoms in total. The van der Waals surface area contributed by atoms with E-state index in [1.807, 2.05) is 51.7 Å². The van der Waals surface area contributed by atoms with Crippen LogP contribution in [0.5, 0.6) is 0 Å². The van der Waals surface area contributed by atoms with Gasteiger partial charge in [0.15, 0.2) is 6.54 Å². The Labute approximate surface area is 272 Å². The molecule has 2 aromatic rings. The lowest BCUT2D eigenvalue weighted by molar-refractivity contribution is -0.437. The highest BCUT2D eigenvalue weighted by atomic mass is 16.4. The van der Waals surface area contributed by atoms with E-state index in [4.69, 9.17) is 0 Å². The largest absolute Gasteiger partial charge is 0.481 e. The molecule has 2 heterocycles. The molecule has 0 saturated heterocycles. The molecule has 0 bridgehead atoms. The number of carboxylic acids is 4. The maximum Gasteiger partial charge on any atom is 0.335 e. The summed E-state index contributed by atoms with van der Waals surface area (Å²) in [6.07, 6.45) is 5.64. The highest BCUT2D eigenvalue weighted by molar-refractivity contribution is 6.10. The summed E-state index contributed by atoms with van der Waals surface area (Å²) in [7, 11) is 0. The van der Waals surface area contributed by atoms with Gasteiger partial charge in [-0.3, -0.25) is 9.59 Å². The summed E-state index contributed by atoms with van der Waals surface area (Å²) in [5.74, 6) is -4.14. The van der Waals surface area contributed by atoms with Crippen molar-refractivity contribution >= 4 is 41.0 Å². The van der Waals surface area contributed by atoms with Crippen LogP contribution in [0.15, 0.2) is 71.5 Å². The van der Waals surface area contributed by atoms with Crippen molar-refractivity contribution in [2.45, 2.75) is 64.7 Å². The number of aliphatic carboxylic acids is 2. The van der Waals surface area contributed by atoms with Crippen molar-refractivity contribution in [3.63, 3.8) is 0 Å². The van der Waals surface area contributed by atoms with Gasteiger partial charge in [0.05, 0.1) is 23.0 Å². The summed E-state index contributed by atoms with van der Waals surface area (Å²) < 4.78 is 1.78. The first kappa shape index (κ1) is 34.4. The van der Waals surface area contributed by atoms with Crippen molar-refractivity contribution in [1.82, 2.24) is 0 Å². The lowest BCUT2D eigenvalue weighted by Gasteiger charge is -2.26. The van der Waals surface area contributed by atoms with Crippen molar-refractivity contribution in [3.8, 4) is 6.07 Å². The first-order chi connectivity index (χ1) is 22.0. The zero-order valence-electron chi connectivity index (χ0n) is 27.0. The average molecular weight is 641 g/mol. The minimum atomic E-state index is -1.09. The third-order valence-electron chi connectivity index (χ3n) is 8.88. The summed E-state index contributed by atoms with van der Waals surface area (Å²) in [4.78, 5) is 48.5. The van der Waals surface area contributed by atoms with Crippen LogP contribution in [0.2, 0.25) is 0 Å². The zero-order chi connectivity index (χ0) is 34.8. The van der Waals surface area contributed by atoms with Gasteiger partial charge in [-0.2, -0.15) is 9.84 Å². The van der Waals surface area contributed by atoms with E-state index in [2.05, 4.69) is 6.07 Å². The van der Waals surface area contributed by atoms with E-state index in [-0.39, 0.29) is 37.1 Å². The van der Waals surface area contributed by atoms with E-state index < -0.39 is 34.7 Å². The summed E-state index contributed by atoms with van der Waals surface area (Å²) in [5.41, 5.74) is 3.88. The fourth-order valence-electron chi connectivity index (χ4n) is 6.46. The van der Waals surface area contributed by atoms with Gasteiger partial charge in [-0.25, -0.2) is 9.59 Å². The second-order valence-corrected chi connectivity index (χ2v) is 12.6. The molecule has 0 spiro atoms. The Hall–Kier alpha value is -5.50. The molecule has 0 saturated carbocycles. The number of benzene rings is 2. The van der Waals surface area contributed by atoms with Crippen molar-refractivity contribution < 1.29 is 44.2 Å². The molecule has 47 heavy (non-hydrogen) atoms. The lowest BCUT2D eigenvalue weighted by Crippen LogP contribution is -2.31. The lowest BCUT2D eigenvalue weighted by atomic mass is 9.78. The molecule has 0 unspecified atom stereocenters. The summed E-state index contributed by atoms with van der Waals surface area (Å²) in [6, 6.07) is 11.8. The number of allylic oxidation sites excluding steroid dienone is 6. The summed E-state index contributed by atoms with van der Waals surface area (Å²) in [6.45, 7) is 9.80. The Morgan fingerprint density at radius 3 is 2.02 bits per heavy atom. The van der Waals surface area contributed by atoms with E-state index in [0.29, 0.717) is 29.0 Å². The Morgan fingerprint density at radius 1 is 0.872 bits per heavy atom. The van der Waals surface area contributed by atoms with Gasteiger partial charge in [0.2, 0.25) is 11.4 Å². The molecule has 0 fully saturated rings. The second kappa shape index (κ2) is 13.1. The van der Waals surface area contributed by atoms with Crippen LogP contribution in [0.4, 0.5) is 11.4 Å². The van der Waals surface area contributed by atoms with Crippen LogP contribution in [0.1, 0.15) is 85.7 Å². The zero-order valence-corrected chi connectivity index (χ0v) is 27.0. The van der Waals surface area contributed by atoms with Crippen LogP contribution < -0.4 is 4.90 Å². The Kier molecular flexibility index (Phi) is 9.57. The number of carboxylic acid groups (broad SMARTS) is 4. The molecular weight excluding hydrogens is 602 g/mol. The number of rotatable bonds is 12. The summed E-state index contributed by atoms with van der Waals surface area (Å²) >= 11 is 0. The van der Waals surface area contributed by atoms with Crippen molar-refractivity contribution in [1.29, 1.82) is 5.26 Å². The van der Waals surface area contributed by atoms with Crippen LogP contribution in [0.3, 0.4) is 0 Å². The molecule has 0 amide bonds. The van der Waals surface area contributed by atoms with Gasteiger partial charge >= 0.3 is 23.9 Å². The molecule has 2 aliphatic rings. The van der Waals surface area contributed by atoms with Gasteiger partial charge in [0.25, 0.3) is 0 Å².